The summed E-state index contributed by atoms with van der Waals surface area (Å²) in [5.74, 6) is 0.809. The van der Waals surface area contributed by atoms with Gasteiger partial charge >= 0.3 is 6.09 Å². The van der Waals surface area contributed by atoms with Crippen molar-refractivity contribution in [2.45, 2.75) is 47.1 Å². The SMILES string of the molecule is CNc1nc(C2=CCN(C(=O)OC(C)(C)C)C2)ccc1NCC(C)(C)C. The minimum atomic E-state index is -0.488. The van der Waals surface area contributed by atoms with Crippen LogP contribution in [0.2, 0.25) is 0 Å². The van der Waals surface area contributed by atoms with Crippen molar-refractivity contribution in [2.24, 2.45) is 5.41 Å². The Labute approximate surface area is 157 Å². The van der Waals surface area contributed by atoms with Gasteiger partial charge in [-0.3, -0.25) is 0 Å². The van der Waals surface area contributed by atoms with Crippen molar-refractivity contribution >= 4 is 23.2 Å². The van der Waals surface area contributed by atoms with Gasteiger partial charge in [0.2, 0.25) is 0 Å². The zero-order valence-corrected chi connectivity index (χ0v) is 17.1. The number of aromatic nitrogens is 1. The van der Waals surface area contributed by atoms with Crippen LogP contribution in [0, 0.1) is 5.41 Å². The Morgan fingerprint density at radius 1 is 1.23 bits per heavy atom. The number of carbonyl (C=O) groups is 1. The molecule has 2 N–H and O–H groups in total. The molecule has 1 aliphatic rings. The van der Waals surface area contributed by atoms with Crippen LogP contribution in [0.5, 0.6) is 0 Å². The topological polar surface area (TPSA) is 66.5 Å². The van der Waals surface area contributed by atoms with Crippen LogP contribution >= 0.6 is 0 Å². The minimum absolute atomic E-state index is 0.186. The smallest absolute Gasteiger partial charge is 0.410 e. The van der Waals surface area contributed by atoms with E-state index in [1.165, 1.54) is 0 Å². The highest BCUT2D eigenvalue weighted by Crippen LogP contribution is 2.27. The summed E-state index contributed by atoms with van der Waals surface area (Å²) >= 11 is 0. The number of nitrogens with one attached hydrogen (secondary N) is 2. The summed E-state index contributed by atoms with van der Waals surface area (Å²) in [6.45, 7) is 14.1. The van der Waals surface area contributed by atoms with Crippen LogP contribution in [-0.2, 0) is 4.74 Å². The average molecular weight is 361 g/mol. The molecule has 2 heterocycles. The molecule has 0 fully saturated rings. The highest BCUT2D eigenvalue weighted by Gasteiger charge is 2.26. The summed E-state index contributed by atoms with van der Waals surface area (Å²) < 4.78 is 5.44. The van der Waals surface area contributed by atoms with Crippen LogP contribution in [0.25, 0.3) is 5.57 Å². The molecule has 0 unspecified atom stereocenters. The summed E-state index contributed by atoms with van der Waals surface area (Å²) in [5, 5.41) is 6.60. The predicted molar refractivity (Wildman–Crippen MR) is 108 cm³/mol. The molecule has 144 valence electrons. The first-order valence-corrected chi connectivity index (χ1v) is 9.08. The number of anilines is 2. The molecule has 0 bridgehead atoms. The average Bonchev–Trinajstić information content (AvgIpc) is 3.00. The van der Waals surface area contributed by atoms with E-state index in [2.05, 4.69) is 31.4 Å². The van der Waals surface area contributed by atoms with Crippen LogP contribution in [0.15, 0.2) is 18.2 Å². The number of ether oxygens (including phenoxy) is 1. The lowest BCUT2D eigenvalue weighted by atomic mass is 9.97. The molecule has 0 spiro atoms. The number of pyridine rings is 1. The normalized spacial score (nSPS) is 14.9. The van der Waals surface area contributed by atoms with Crippen LogP contribution in [0.3, 0.4) is 0 Å². The van der Waals surface area contributed by atoms with E-state index < -0.39 is 5.60 Å². The van der Waals surface area contributed by atoms with Crippen molar-refractivity contribution in [1.82, 2.24) is 9.88 Å². The van der Waals surface area contributed by atoms with E-state index in [0.29, 0.717) is 13.1 Å². The van der Waals surface area contributed by atoms with Gasteiger partial charge in [0.25, 0.3) is 0 Å². The number of nitrogens with zero attached hydrogens (tertiary/aromatic N) is 2. The third kappa shape index (κ3) is 5.64. The highest BCUT2D eigenvalue weighted by atomic mass is 16.6. The first-order chi connectivity index (χ1) is 12.0. The van der Waals surface area contributed by atoms with Crippen molar-refractivity contribution in [2.75, 3.05) is 37.3 Å². The fourth-order valence-corrected chi connectivity index (χ4v) is 2.54. The fourth-order valence-electron chi connectivity index (χ4n) is 2.54. The highest BCUT2D eigenvalue weighted by molar-refractivity contribution is 5.78. The molecule has 0 atom stereocenters. The van der Waals surface area contributed by atoms with E-state index >= 15 is 0 Å². The molecule has 26 heavy (non-hydrogen) atoms. The Morgan fingerprint density at radius 3 is 2.50 bits per heavy atom. The number of rotatable bonds is 4. The van der Waals surface area contributed by atoms with Gasteiger partial charge in [0, 0.05) is 20.1 Å². The van der Waals surface area contributed by atoms with E-state index in [0.717, 1.165) is 29.3 Å². The first-order valence-electron chi connectivity index (χ1n) is 9.08. The van der Waals surface area contributed by atoms with E-state index in [1.54, 1.807) is 4.90 Å². The van der Waals surface area contributed by atoms with Gasteiger partial charge in [-0.15, -0.1) is 0 Å². The van der Waals surface area contributed by atoms with E-state index in [1.807, 2.05) is 46.0 Å². The van der Waals surface area contributed by atoms with Gasteiger partial charge in [0.15, 0.2) is 0 Å². The summed E-state index contributed by atoms with van der Waals surface area (Å²) in [6, 6.07) is 4.03. The maximum Gasteiger partial charge on any atom is 0.410 e. The monoisotopic (exact) mass is 360 g/mol. The predicted octanol–water partition coefficient (Wildman–Crippen LogP) is 4.22. The minimum Gasteiger partial charge on any atom is -0.444 e. The largest absolute Gasteiger partial charge is 0.444 e. The summed E-state index contributed by atoms with van der Waals surface area (Å²) in [4.78, 5) is 18.6. The molecule has 0 saturated heterocycles. The van der Waals surface area contributed by atoms with Gasteiger partial charge in [-0.1, -0.05) is 26.8 Å². The van der Waals surface area contributed by atoms with Gasteiger partial charge in [-0.2, -0.15) is 0 Å². The van der Waals surface area contributed by atoms with Gasteiger partial charge in [-0.05, 0) is 43.9 Å². The molecular weight excluding hydrogens is 328 g/mol. The Balaban J connectivity index is 2.07. The summed E-state index contributed by atoms with van der Waals surface area (Å²) in [5.41, 5.74) is 2.59. The van der Waals surface area contributed by atoms with E-state index in [4.69, 9.17) is 9.72 Å². The molecule has 6 nitrogen and oxygen atoms in total. The number of carbonyl (C=O) groups excluding carboxylic acids is 1. The lowest BCUT2D eigenvalue weighted by Gasteiger charge is -2.24. The van der Waals surface area contributed by atoms with Crippen molar-refractivity contribution in [3.05, 3.63) is 23.9 Å². The number of hydrogen-bond donors (Lipinski definition) is 2. The lowest BCUT2D eigenvalue weighted by Crippen LogP contribution is -2.35. The molecule has 1 aliphatic heterocycles. The zero-order valence-electron chi connectivity index (χ0n) is 17.1. The van der Waals surface area contributed by atoms with Gasteiger partial charge < -0.3 is 20.3 Å². The number of hydrogen-bond acceptors (Lipinski definition) is 5. The fraction of sp³-hybridized carbons (Fsp3) is 0.600. The molecular formula is C20H32N4O2. The maximum atomic E-state index is 12.2. The molecule has 0 aliphatic carbocycles. The number of amides is 1. The Morgan fingerprint density at radius 2 is 1.92 bits per heavy atom. The molecule has 2 rings (SSSR count). The summed E-state index contributed by atoms with van der Waals surface area (Å²) in [7, 11) is 1.87. The molecule has 1 aromatic rings. The summed E-state index contributed by atoms with van der Waals surface area (Å²) in [6.07, 6.45) is 1.74. The van der Waals surface area contributed by atoms with Gasteiger partial charge in [0.1, 0.15) is 11.4 Å². The molecule has 0 saturated carbocycles. The van der Waals surface area contributed by atoms with Crippen LogP contribution in [-0.4, -0.2) is 48.3 Å². The zero-order chi connectivity index (χ0) is 19.5. The standard InChI is InChI=1S/C20H32N4O2/c1-19(2,3)13-22-16-9-8-15(23-17(16)21-7)14-10-11-24(12-14)18(25)26-20(4,5)6/h8-10,22H,11-13H2,1-7H3,(H,21,23). The quantitative estimate of drug-likeness (QED) is 0.842. The first kappa shape index (κ1) is 20.1. The van der Waals surface area contributed by atoms with E-state index in [-0.39, 0.29) is 11.5 Å². The second-order valence-electron chi connectivity index (χ2n) is 8.85. The van der Waals surface area contributed by atoms with Crippen LogP contribution < -0.4 is 10.6 Å². The Kier molecular flexibility index (Phi) is 5.84. The third-order valence-electron chi connectivity index (χ3n) is 3.84. The third-order valence-corrected chi connectivity index (χ3v) is 3.84. The molecule has 0 radical (unpaired) electrons. The lowest BCUT2D eigenvalue weighted by molar-refractivity contribution is 0.0306. The Hall–Kier alpha value is -2.24. The second-order valence-corrected chi connectivity index (χ2v) is 8.85. The molecule has 6 heteroatoms. The van der Waals surface area contributed by atoms with Gasteiger partial charge in [0.05, 0.1) is 17.9 Å². The van der Waals surface area contributed by atoms with Crippen molar-refractivity contribution in [3.8, 4) is 0 Å². The maximum absolute atomic E-state index is 12.2. The van der Waals surface area contributed by atoms with Crippen molar-refractivity contribution in [1.29, 1.82) is 0 Å². The molecule has 1 aromatic heterocycles. The molecule has 0 aromatic carbocycles. The molecule has 1 amide bonds. The van der Waals surface area contributed by atoms with E-state index in [9.17, 15) is 4.79 Å². The Bertz CT molecular complexity index is 684. The second kappa shape index (κ2) is 7.56. The van der Waals surface area contributed by atoms with Crippen molar-refractivity contribution in [3.63, 3.8) is 0 Å². The van der Waals surface area contributed by atoms with Crippen LogP contribution in [0.4, 0.5) is 16.3 Å². The van der Waals surface area contributed by atoms with Crippen LogP contribution in [0.1, 0.15) is 47.2 Å². The van der Waals surface area contributed by atoms with Gasteiger partial charge in [-0.25, -0.2) is 9.78 Å². The van der Waals surface area contributed by atoms with Crippen molar-refractivity contribution < 1.29 is 9.53 Å².